The Kier molecular flexibility index (Phi) is 10.8. The summed E-state index contributed by atoms with van der Waals surface area (Å²) < 4.78 is 11.8. The molecule has 3 amide bonds. The first kappa shape index (κ1) is 34.0. The van der Waals surface area contributed by atoms with E-state index in [-0.39, 0.29) is 32.0 Å². The molecule has 0 unspecified atom stereocenters. The average molecular weight is 671 g/mol. The van der Waals surface area contributed by atoms with Crippen LogP contribution in [-0.4, -0.2) is 88.4 Å². The van der Waals surface area contributed by atoms with Gasteiger partial charge in [-0.2, -0.15) is 5.10 Å². The predicted octanol–water partition coefficient (Wildman–Crippen LogP) is 3.14. The van der Waals surface area contributed by atoms with Crippen LogP contribution < -0.4 is 20.1 Å². The third kappa shape index (κ3) is 8.07. The zero-order valence-corrected chi connectivity index (χ0v) is 28.3. The Bertz CT molecular complexity index is 1790. The van der Waals surface area contributed by atoms with Gasteiger partial charge in [0.25, 0.3) is 0 Å². The Morgan fingerprint density at radius 2 is 1.92 bits per heavy atom. The molecule has 2 bridgehead atoms. The molecule has 5 N–H and O–H groups in total. The fraction of sp³-hybridized carbons (Fsp3) is 0.459. The van der Waals surface area contributed by atoms with E-state index in [1.54, 1.807) is 7.11 Å². The van der Waals surface area contributed by atoms with Gasteiger partial charge in [0.2, 0.25) is 17.7 Å². The van der Waals surface area contributed by atoms with Crippen molar-refractivity contribution >= 4 is 28.6 Å². The quantitative estimate of drug-likeness (QED) is 0.218. The molecule has 260 valence electrons. The normalized spacial score (nSPS) is 18.5. The van der Waals surface area contributed by atoms with Gasteiger partial charge in [-0.15, -0.1) is 0 Å². The van der Waals surface area contributed by atoms with Gasteiger partial charge in [0, 0.05) is 54.6 Å². The molecule has 0 fully saturated rings. The number of H-pyrrole nitrogens is 2. The molecule has 1 aliphatic carbocycles. The Hall–Kier alpha value is -4.84. The van der Waals surface area contributed by atoms with Gasteiger partial charge in [-0.1, -0.05) is 24.3 Å². The molecule has 12 nitrogen and oxygen atoms in total. The first-order chi connectivity index (χ1) is 23.8. The Morgan fingerprint density at radius 1 is 1.08 bits per heavy atom. The summed E-state index contributed by atoms with van der Waals surface area (Å²) in [5, 5.41) is 24.8. The SMILES string of the molecule is COc1ccc2cc1OCCCN(C(=O)CCc1n[nH]c3c1CCCC3)CC(=O)N[C@@H]([C@@H](C)O)C(=O)NCCc1c([nH]c3ccccc13)C2. The summed E-state index contributed by atoms with van der Waals surface area (Å²) in [4.78, 5) is 45.2. The van der Waals surface area contributed by atoms with Crippen LogP contribution in [0.2, 0.25) is 0 Å². The van der Waals surface area contributed by atoms with Crippen LogP contribution in [0.1, 0.15) is 66.4 Å². The molecular weight excluding hydrogens is 624 g/mol. The first-order valence-corrected chi connectivity index (χ1v) is 17.3. The maximum atomic E-state index is 13.6. The minimum atomic E-state index is -1.18. The van der Waals surface area contributed by atoms with Crippen molar-refractivity contribution in [3.8, 4) is 11.5 Å². The van der Waals surface area contributed by atoms with E-state index in [0.29, 0.717) is 43.7 Å². The van der Waals surface area contributed by atoms with E-state index in [1.165, 1.54) is 17.4 Å². The number of rotatable bonds is 5. The van der Waals surface area contributed by atoms with Crippen LogP contribution in [0.15, 0.2) is 42.5 Å². The minimum Gasteiger partial charge on any atom is -0.493 e. The zero-order valence-electron chi connectivity index (χ0n) is 28.3. The molecule has 0 radical (unpaired) electrons. The van der Waals surface area contributed by atoms with Crippen molar-refractivity contribution in [3.63, 3.8) is 0 Å². The van der Waals surface area contributed by atoms with Gasteiger partial charge in [-0.05, 0) is 80.3 Å². The van der Waals surface area contributed by atoms with Crippen LogP contribution in [0.4, 0.5) is 0 Å². The standard InChI is InChI=1S/C37H46N6O6/c1-23(44)36-37(47)38-17-16-26-25-8-3-5-10-28(25)39-31(26)20-24-12-14-32(48-2)33(21-24)49-19-7-18-43(22-34(45)40-36)35(46)15-13-30-27-9-4-6-11-29(27)41-42-30/h3,5,8,10,12,14,21,23,36,39,44H,4,6-7,9,11,13,15-20,22H2,1-2H3,(H,38,47)(H,40,45)(H,41,42)/t23-,36+/m1/s1. The van der Waals surface area contributed by atoms with E-state index in [0.717, 1.165) is 64.8 Å². The van der Waals surface area contributed by atoms with Crippen molar-refractivity contribution in [1.82, 2.24) is 30.7 Å². The number of aryl methyl sites for hydroxylation is 2. The van der Waals surface area contributed by atoms with Gasteiger partial charge in [-0.25, -0.2) is 0 Å². The van der Waals surface area contributed by atoms with E-state index in [9.17, 15) is 19.5 Å². The minimum absolute atomic E-state index is 0.191. The van der Waals surface area contributed by atoms with Crippen LogP contribution in [-0.2, 0) is 46.5 Å². The van der Waals surface area contributed by atoms with E-state index in [2.05, 4.69) is 31.9 Å². The highest BCUT2D eigenvalue weighted by atomic mass is 16.5. The van der Waals surface area contributed by atoms with Gasteiger partial charge in [-0.3, -0.25) is 19.5 Å². The second kappa shape index (κ2) is 15.6. The third-order valence-electron chi connectivity index (χ3n) is 9.50. The molecule has 0 saturated heterocycles. The molecule has 2 aromatic carbocycles. The number of nitrogens with zero attached hydrogens (tertiary/aromatic N) is 2. The summed E-state index contributed by atoms with van der Waals surface area (Å²) in [7, 11) is 1.60. The molecule has 0 spiro atoms. The van der Waals surface area contributed by atoms with Crippen LogP contribution in [0.25, 0.3) is 10.9 Å². The molecule has 0 saturated carbocycles. The molecule has 4 aromatic rings. The molecular formula is C37H46N6O6. The van der Waals surface area contributed by atoms with Crippen molar-refractivity contribution in [2.45, 2.75) is 76.9 Å². The van der Waals surface area contributed by atoms with Gasteiger partial charge in [0.05, 0.1) is 32.1 Å². The molecule has 6 rings (SSSR count). The van der Waals surface area contributed by atoms with Gasteiger partial charge >= 0.3 is 0 Å². The molecule has 2 atom stereocenters. The number of carbonyl (C=O) groups excluding carboxylic acids is 3. The van der Waals surface area contributed by atoms with Gasteiger partial charge in [0.1, 0.15) is 6.04 Å². The third-order valence-corrected chi connectivity index (χ3v) is 9.50. The van der Waals surface area contributed by atoms with Crippen LogP contribution in [0.5, 0.6) is 11.5 Å². The van der Waals surface area contributed by atoms with Crippen molar-refractivity contribution in [2.75, 3.05) is 33.4 Å². The largest absolute Gasteiger partial charge is 0.493 e. The topological polar surface area (TPSA) is 162 Å². The maximum Gasteiger partial charge on any atom is 0.245 e. The van der Waals surface area contributed by atoms with E-state index >= 15 is 0 Å². The lowest BCUT2D eigenvalue weighted by molar-refractivity contribution is -0.137. The number of hydrogen-bond donors (Lipinski definition) is 5. The van der Waals surface area contributed by atoms with E-state index in [4.69, 9.17) is 9.47 Å². The summed E-state index contributed by atoms with van der Waals surface area (Å²) in [6, 6.07) is 12.7. The summed E-state index contributed by atoms with van der Waals surface area (Å²) >= 11 is 0. The molecule has 1 aliphatic heterocycles. The van der Waals surface area contributed by atoms with Crippen molar-refractivity contribution < 1.29 is 29.0 Å². The van der Waals surface area contributed by atoms with Crippen molar-refractivity contribution in [3.05, 3.63) is 76.2 Å². The molecule has 12 heteroatoms. The number of fused-ring (bicyclic) bond motifs is 6. The molecule has 49 heavy (non-hydrogen) atoms. The van der Waals surface area contributed by atoms with Gasteiger partial charge in [0.15, 0.2) is 11.5 Å². The molecule has 2 aliphatic rings. The maximum absolute atomic E-state index is 13.6. The summed E-state index contributed by atoms with van der Waals surface area (Å²) in [6.45, 7) is 2.05. The highest BCUT2D eigenvalue weighted by Crippen LogP contribution is 2.31. The van der Waals surface area contributed by atoms with Gasteiger partial charge < -0.3 is 35.1 Å². The number of para-hydroxylation sites is 1. The number of hydrogen-bond acceptors (Lipinski definition) is 7. The number of methoxy groups -OCH3 is 1. The average Bonchev–Trinajstić information content (AvgIpc) is 3.67. The fourth-order valence-corrected chi connectivity index (χ4v) is 6.93. The second-order valence-corrected chi connectivity index (χ2v) is 13.0. The number of aliphatic hydroxyl groups is 1. The van der Waals surface area contributed by atoms with E-state index in [1.807, 2.05) is 36.4 Å². The number of aromatic amines is 2. The summed E-state index contributed by atoms with van der Waals surface area (Å²) in [5.74, 6) is -0.00937. The number of amides is 3. The monoisotopic (exact) mass is 670 g/mol. The van der Waals surface area contributed by atoms with Crippen LogP contribution in [0.3, 0.4) is 0 Å². The number of aromatic nitrogens is 3. The highest BCUT2D eigenvalue weighted by molar-refractivity contribution is 5.90. The fourth-order valence-electron chi connectivity index (χ4n) is 6.93. The lowest BCUT2D eigenvalue weighted by Crippen LogP contribution is -2.55. The number of ether oxygens (including phenoxy) is 2. The van der Waals surface area contributed by atoms with Crippen LogP contribution in [0, 0.1) is 0 Å². The highest BCUT2D eigenvalue weighted by Gasteiger charge is 2.28. The van der Waals surface area contributed by atoms with Crippen molar-refractivity contribution in [2.24, 2.45) is 0 Å². The summed E-state index contributed by atoms with van der Waals surface area (Å²) in [6.07, 6.45) is 5.27. The Labute approximate surface area is 285 Å². The van der Waals surface area contributed by atoms with Crippen LogP contribution >= 0.6 is 0 Å². The Balaban J connectivity index is 1.23. The second-order valence-electron chi connectivity index (χ2n) is 13.0. The first-order valence-electron chi connectivity index (χ1n) is 17.3. The number of nitrogens with one attached hydrogen (secondary N) is 4. The lowest BCUT2D eigenvalue weighted by atomic mass is 9.94. The smallest absolute Gasteiger partial charge is 0.245 e. The predicted molar refractivity (Wildman–Crippen MR) is 185 cm³/mol. The molecule has 3 heterocycles. The number of aliphatic hydroxyl groups excluding tert-OH is 1. The van der Waals surface area contributed by atoms with E-state index < -0.39 is 24.0 Å². The lowest BCUT2D eigenvalue weighted by Gasteiger charge is -2.25. The summed E-state index contributed by atoms with van der Waals surface area (Å²) in [5.41, 5.74) is 7.40. The number of carbonyl (C=O) groups is 3. The number of benzene rings is 2. The van der Waals surface area contributed by atoms with Crippen molar-refractivity contribution in [1.29, 1.82) is 0 Å². The molecule has 2 aromatic heterocycles. The Morgan fingerprint density at radius 3 is 2.76 bits per heavy atom. The zero-order chi connectivity index (χ0) is 34.3.